The summed E-state index contributed by atoms with van der Waals surface area (Å²) in [6.07, 6.45) is 2.76. The molecule has 1 heterocycles. The van der Waals surface area contributed by atoms with Crippen molar-refractivity contribution in [3.63, 3.8) is 0 Å². The Bertz CT molecular complexity index is 482. The molecule has 0 bridgehead atoms. The van der Waals surface area contributed by atoms with Gasteiger partial charge in [-0.05, 0) is 24.3 Å². The molecule has 2 aromatic rings. The number of aryl methyl sites for hydroxylation is 1. The van der Waals surface area contributed by atoms with Gasteiger partial charge in [0.15, 0.2) is 0 Å². The predicted octanol–water partition coefficient (Wildman–Crippen LogP) is 3.12. The topological polar surface area (TPSA) is 42.2 Å². The van der Waals surface area contributed by atoms with Gasteiger partial charge in [0.2, 0.25) is 5.91 Å². The normalized spacial score (nSPS) is 10.3. The van der Waals surface area contributed by atoms with Crippen molar-refractivity contribution < 1.29 is 9.21 Å². The highest BCUT2D eigenvalue weighted by Crippen LogP contribution is 2.15. The Kier molecular flexibility index (Phi) is 5.56. The number of amides is 1. The summed E-state index contributed by atoms with van der Waals surface area (Å²) in [6, 6.07) is 13.9. The molecule has 0 spiro atoms. The highest BCUT2D eigenvalue weighted by Gasteiger charge is 2.03. The first kappa shape index (κ1) is 13.7. The smallest absolute Gasteiger partial charge is 0.220 e. The van der Waals surface area contributed by atoms with Crippen LogP contribution in [0.5, 0.6) is 0 Å². The zero-order valence-corrected chi connectivity index (χ0v) is 11.5. The number of rotatable bonds is 7. The molecule has 3 nitrogen and oxygen atoms in total. The lowest BCUT2D eigenvalue weighted by molar-refractivity contribution is -0.121. The molecular formula is C15H17NO2S. The molecule has 1 N–H and O–H groups in total. The summed E-state index contributed by atoms with van der Waals surface area (Å²) >= 11 is 1.75. The molecule has 0 aliphatic rings. The summed E-state index contributed by atoms with van der Waals surface area (Å²) in [4.78, 5) is 12.8. The van der Waals surface area contributed by atoms with Crippen LogP contribution >= 0.6 is 11.8 Å². The summed E-state index contributed by atoms with van der Waals surface area (Å²) in [5, 5.41) is 2.91. The average Bonchev–Trinajstić information content (AvgIpc) is 2.96. The van der Waals surface area contributed by atoms with Gasteiger partial charge in [0.25, 0.3) is 0 Å². The highest BCUT2D eigenvalue weighted by atomic mass is 32.2. The van der Waals surface area contributed by atoms with E-state index < -0.39 is 0 Å². The minimum Gasteiger partial charge on any atom is -0.469 e. The number of carbonyl (C=O) groups is 1. The number of nitrogens with one attached hydrogen (secondary N) is 1. The molecule has 19 heavy (non-hydrogen) atoms. The Balaban J connectivity index is 1.57. The van der Waals surface area contributed by atoms with Crippen LogP contribution < -0.4 is 5.32 Å². The van der Waals surface area contributed by atoms with E-state index >= 15 is 0 Å². The van der Waals surface area contributed by atoms with Gasteiger partial charge in [-0.1, -0.05) is 18.2 Å². The van der Waals surface area contributed by atoms with E-state index in [1.54, 1.807) is 18.0 Å². The van der Waals surface area contributed by atoms with Crippen molar-refractivity contribution in [2.75, 3.05) is 12.3 Å². The molecule has 0 atom stereocenters. The van der Waals surface area contributed by atoms with Crippen molar-refractivity contribution in [3.8, 4) is 0 Å². The zero-order valence-electron chi connectivity index (χ0n) is 10.7. The van der Waals surface area contributed by atoms with E-state index in [-0.39, 0.29) is 5.91 Å². The van der Waals surface area contributed by atoms with Gasteiger partial charge in [0, 0.05) is 30.0 Å². The maximum Gasteiger partial charge on any atom is 0.220 e. The van der Waals surface area contributed by atoms with E-state index in [9.17, 15) is 4.79 Å². The van der Waals surface area contributed by atoms with E-state index in [0.717, 1.165) is 11.5 Å². The van der Waals surface area contributed by atoms with E-state index in [1.807, 2.05) is 30.3 Å². The molecule has 1 amide bonds. The molecular weight excluding hydrogens is 258 g/mol. The molecule has 0 unspecified atom stereocenters. The molecule has 0 aliphatic carbocycles. The minimum atomic E-state index is 0.0741. The first-order valence-corrected chi connectivity index (χ1v) is 7.30. The zero-order chi connectivity index (χ0) is 13.3. The van der Waals surface area contributed by atoms with Gasteiger partial charge in [-0.3, -0.25) is 4.79 Å². The van der Waals surface area contributed by atoms with Crippen LogP contribution in [0.4, 0.5) is 0 Å². The Labute approximate surface area is 117 Å². The Morgan fingerprint density at radius 2 is 2.00 bits per heavy atom. The first-order valence-electron chi connectivity index (χ1n) is 6.31. The van der Waals surface area contributed by atoms with Crippen molar-refractivity contribution >= 4 is 17.7 Å². The molecule has 0 saturated heterocycles. The molecule has 1 aromatic heterocycles. The molecule has 0 saturated carbocycles. The lowest BCUT2D eigenvalue weighted by Gasteiger charge is -2.04. The molecule has 0 aliphatic heterocycles. The third-order valence-electron chi connectivity index (χ3n) is 2.61. The highest BCUT2D eigenvalue weighted by molar-refractivity contribution is 7.99. The second-order valence-electron chi connectivity index (χ2n) is 4.09. The number of hydrogen-bond donors (Lipinski definition) is 1. The van der Waals surface area contributed by atoms with Gasteiger partial charge in [-0.2, -0.15) is 0 Å². The Hall–Kier alpha value is -1.68. The van der Waals surface area contributed by atoms with E-state index in [1.165, 1.54) is 4.90 Å². The van der Waals surface area contributed by atoms with Crippen LogP contribution in [0.25, 0.3) is 0 Å². The maximum absolute atomic E-state index is 11.6. The third-order valence-corrected chi connectivity index (χ3v) is 3.63. The number of thioether (sulfide) groups is 1. The van der Waals surface area contributed by atoms with Gasteiger partial charge in [0.05, 0.1) is 6.26 Å². The van der Waals surface area contributed by atoms with Gasteiger partial charge in [-0.25, -0.2) is 0 Å². The van der Waals surface area contributed by atoms with Gasteiger partial charge in [0.1, 0.15) is 5.76 Å². The molecule has 0 fully saturated rings. The van der Waals surface area contributed by atoms with E-state index in [0.29, 0.717) is 19.4 Å². The number of furan rings is 1. The van der Waals surface area contributed by atoms with Crippen molar-refractivity contribution in [3.05, 3.63) is 54.5 Å². The van der Waals surface area contributed by atoms with Crippen LogP contribution in [-0.4, -0.2) is 18.2 Å². The number of benzene rings is 1. The third kappa shape index (κ3) is 5.22. The van der Waals surface area contributed by atoms with Crippen molar-refractivity contribution in [1.29, 1.82) is 0 Å². The Morgan fingerprint density at radius 1 is 1.16 bits per heavy atom. The SMILES string of the molecule is O=C(CCc1ccco1)NCCSc1ccccc1. The minimum absolute atomic E-state index is 0.0741. The summed E-state index contributed by atoms with van der Waals surface area (Å²) < 4.78 is 5.18. The fraction of sp³-hybridized carbons (Fsp3) is 0.267. The quantitative estimate of drug-likeness (QED) is 0.623. The largest absolute Gasteiger partial charge is 0.469 e. The van der Waals surface area contributed by atoms with E-state index in [2.05, 4.69) is 17.4 Å². The van der Waals surface area contributed by atoms with Crippen molar-refractivity contribution in [2.45, 2.75) is 17.7 Å². The molecule has 0 radical (unpaired) electrons. The summed E-state index contributed by atoms with van der Waals surface area (Å²) in [5.41, 5.74) is 0. The molecule has 1 aromatic carbocycles. The Morgan fingerprint density at radius 3 is 2.74 bits per heavy atom. The van der Waals surface area contributed by atoms with Crippen LogP contribution in [0.1, 0.15) is 12.2 Å². The standard InChI is InChI=1S/C15H17NO2S/c17-15(9-8-13-5-4-11-18-13)16-10-12-19-14-6-2-1-3-7-14/h1-7,11H,8-10,12H2,(H,16,17). The predicted molar refractivity (Wildman–Crippen MR) is 77.2 cm³/mol. The second-order valence-corrected chi connectivity index (χ2v) is 5.26. The summed E-state index contributed by atoms with van der Waals surface area (Å²) in [7, 11) is 0. The maximum atomic E-state index is 11.6. The summed E-state index contributed by atoms with van der Waals surface area (Å²) in [5.74, 6) is 1.81. The van der Waals surface area contributed by atoms with Crippen LogP contribution in [0.3, 0.4) is 0 Å². The number of hydrogen-bond acceptors (Lipinski definition) is 3. The average molecular weight is 275 g/mol. The van der Waals surface area contributed by atoms with Gasteiger partial charge in [-0.15, -0.1) is 11.8 Å². The van der Waals surface area contributed by atoms with Crippen LogP contribution in [0, 0.1) is 0 Å². The monoisotopic (exact) mass is 275 g/mol. The molecule has 4 heteroatoms. The van der Waals surface area contributed by atoms with Gasteiger partial charge >= 0.3 is 0 Å². The van der Waals surface area contributed by atoms with Crippen LogP contribution in [0.2, 0.25) is 0 Å². The van der Waals surface area contributed by atoms with Crippen molar-refractivity contribution in [2.24, 2.45) is 0 Å². The number of carbonyl (C=O) groups excluding carboxylic acids is 1. The van der Waals surface area contributed by atoms with Crippen LogP contribution in [-0.2, 0) is 11.2 Å². The first-order chi connectivity index (χ1) is 9.34. The van der Waals surface area contributed by atoms with E-state index in [4.69, 9.17) is 4.42 Å². The second kappa shape index (κ2) is 7.69. The lowest BCUT2D eigenvalue weighted by Crippen LogP contribution is -2.25. The molecule has 2 rings (SSSR count). The van der Waals surface area contributed by atoms with Crippen LogP contribution in [0.15, 0.2) is 58.0 Å². The fourth-order valence-electron chi connectivity index (χ4n) is 1.66. The van der Waals surface area contributed by atoms with Crippen molar-refractivity contribution in [1.82, 2.24) is 5.32 Å². The fourth-order valence-corrected chi connectivity index (χ4v) is 2.45. The van der Waals surface area contributed by atoms with Gasteiger partial charge < -0.3 is 9.73 Å². The lowest BCUT2D eigenvalue weighted by atomic mass is 10.2. The summed E-state index contributed by atoms with van der Waals surface area (Å²) in [6.45, 7) is 0.691. The molecule has 100 valence electrons.